The number of ether oxygens (including phenoxy) is 1. The quantitative estimate of drug-likeness (QED) is 0.741. The van der Waals surface area contributed by atoms with Crippen molar-refractivity contribution in [1.29, 1.82) is 0 Å². The molecule has 8 nitrogen and oxygen atoms in total. The molecule has 4 fully saturated rings. The van der Waals surface area contributed by atoms with Crippen molar-refractivity contribution in [3.8, 4) is 0 Å². The van der Waals surface area contributed by atoms with Crippen molar-refractivity contribution < 1.29 is 9.53 Å². The second-order valence-electron chi connectivity index (χ2n) is 8.25. The fourth-order valence-corrected chi connectivity index (χ4v) is 4.93. The van der Waals surface area contributed by atoms with Gasteiger partial charge in [-0.1, -0.05) is 12.8 Å². The first-order valence-corrected chi connectivity index (χ1v) is 10.3. The lowest BCUT2D eigenvalue weighted by molar-refractivity contribution is -0.157. The highest BCUT2D eigenvalue weighted by Crippen LogP contribution is 2.53. The molecule has 0 atom stereocenters. The van der Waals surface area contributed by atoms with Gasteiger partial charge in [0, 0.05) is 36.5 Å². The highest BCUT2D eigenvalue weighted by atomic mass is 16.5. The van der Waals surface area contributed by atoms with Crippen LogP contribution < -0.4 is 10.2 Å². The summed E-state index contributed by atoms with van der Waals surface area (Å²) in [7, 11) is 0. The van der Waals surface area contributed by atoms with Crippen LogP contribution in [0.3, 0.4) is 0 Å². The van der Waals surface area contributed by atoms with Crippen LogP contribution in [-0.2, 0) is 9.53 Å². The molecule has 2 N–H and O–H groups in total. The summed E-state index contributed by atoms with van der Waals surface area (Å²) in [5.74, 6) is 2.66. The number of aromatic amines is 1. The Morgan fingerprint density at radius 2 is 2.18 bits per heavy atom. The van der Waals surface area contributed by atoms with E-state index in [4.69, 9.17) is 4.74 Å². The van der Waals surface area contributed by atoms with Gasteiger partial charge in [0.15, 0.2) is 5.82 Å². The Hall–Kier alpha value is -2.64. The lowest BCUT2D eigenvalue weighted by Gasteiger charge is -2.34. The number of nitrogens with zero attached hydrogens (tertiary/aromatic N) is 4. The molecule has 6 rings (SSSR count). The van der Waals surface area contributed by atoms with Crippen LogP contribution in [0.5, 0.6) is 0 Å². The number of esters is 1. The van der Waals surface area contributed by atoms with Crippen molar-refractivity contribution in [2.45, 2.75) is 57.4 Å². The normalized spacial score (nSPS) is 26.3. The van der Waals surface area contributed by atoms with E-state index in [1.165, 1.54) is 31.4 Å². The minimum absolute atomic E-state index is 0.0843. The average molecular weight is 382 g/mol. The van der Waals surface area contributed by atoms with Gasteiger partial charge in [-0.05, 0) is 38.7 Å². The molecule has 28 heavy (non-hydrogen) atoms. The van der Waals surface area contributed by atoms with Gasteiger partial charge in [0.05, 0.1) is 12.0 Å². The van der Waals surface area contributed by atoms with E-state index in [2.05, 4.69) is 36.4 Å². The molecule has 2 saturated heterocycles. The standard InChI is InChI=1S/C20H26N6O2/c1-2-28-18(27)20-10-14(11-20)26(12-20)19-21-8-7-16(23-19)22-17-9-15(24-25-17)13-5-3-4-6-13/h7-9,13-14H,2-6,10-12H2,1H3,(H2,21,22,23,24,25). The number of fused-ring (bicyclic) bond motifs is 1. The van der Waals surface area contributed by atoms with Gasteiger partial charge in [0.25, 0.3) is 0 Å². The fraction of sp³-hybridized carbons (Fsp3) is 0.600. The van der Waals surface area contributed by atoms with Gasteiger partial charge >= 0.3 is 5.97 Å². The van der Waals surface area contributed by atoms with Crippen LogP contribution in [0.4, 0.5) is 17.6 Å². The number of hydrogen-bond acceptors (Lipinski definition) is 7. The van der Waals surface area contributed by atoms with E-state index in [1.807, 2.05) is 13.0 Å². The maximum atomic E-state index is 12.3. The summed E-state index contributed by atoms with van der Waals surface area (Å²) in [5, 5.41) is 10.8. The van der Waals surface area contributed by atoms with E-state index in [0.717, 1.165) is 18.7 Å². The molecular formula is C20H26N6O2. The van der Waals surface area contributed by atoms with Crippen molar-refractivity contribution in [2.75, 3.05) is 23.4 Å². The summed E-state index contributed by atoms with van der Waals surface area (Å²) in [6.45, 7) is 2.91. The molecule has 2 saturated carbocycles. The monoisotopic (exact) mass is 382 g/mol. The Kier molecular flexibility index (Phi) is 4.21. The highest BCUT2D eigenvalue weighted by molar-refractivity contribution is 5.81. The Labute approximate surface area is 164 Å². The molecule has 2 aromatic rings. The molecule has 2 aliphatic heterocycles. The van der Waals surface area contributed by atoms with Gasteiger partial charge in [-0.15, -0.1) is 0 Å². The summed E-state index contributed by atoms with van der Waals surface area (Å²) >= 11 is 0. The number of H-pyrrole nitrogens is 1. The van der Waals surface area contributed by atoms with Crippen molar-refractivity contribution in [3.63, 3.8) is 0 Å². The third kappa shape index (κ3) is 2.91. The van der Waals surface area contributed by atoms with Crippen LogP contribution in [0.25, 0.3) is 0 Å². The van der Waals surface area contributed by atoms with Crippen molar-refractivity contribution in [3.05, 3.63) is 24.0 Å². The van der Waals surface area contributed by atoms with Gasteiger partial charge < -0.3 is 15.0 Å². The van der Waals surface area contributed by atoms with E-state index < -0.39 is 0 Å². The lowest BCUT2D eigenvalue weighted by Crippen LogP contribution is -2.42. The molecule has 2 aliphatic carbocycles. The zero-order chi connectivity index (χ0) is 19.1. The first-order valence-electron chi connectivity index (χ1n) is 10.3. The van der Waals surface area contributed by atoms with Crippen LogP contribution in [0.2, 0.25) is 0 Å². The zero-order valence-corrected chi connectivity index (χ0v) is 16.1. The van der Waals surface area contributed by atoms with E-state index >= 15 is 0 Å². The SMILES string of the molecule is CCOC(=O)C12CC(C1)N(c1nccc(Nc3cc(C4CCCC4)[nH]n3)n1)C2. The van der Waals surface area contributed by atoms with Gasteiger partial charge in [0.1, 0.15) is 5.82 Å². The summed E-state index contributed by atoms with van der Waals surface area (Å²) < 4.78 is 5.27. The summed E-state index contributed by atoms with van der Waals surface area (Å²) in [5.41, 5.74) is 0.831. The first-order chi connectivity index (χ1) is 13.7. The zero-order valence-electron chi connectivity index (χ0n) is 16.1. The number of anilines is 3. The Morgan fingerprint density at radius 3 is 2.96 bits per heavy atom. The van der Waals surface area contributed by atoms with Crippen LogP contribution in [0, 0.1) is 5.41 Å². The van der Waals surface area contributed by atoms with Crippen LogP contribution in [0.1, 0.15) is 57.1 Å². The van der Waals surface area contributed by atoms with E-state index in [1.54, 1.807) is 6.20 Å². The van der Waals surface area contributed by atoms with Crippen LogP contribution in [-0.4, -0.2) is 45.3 Å². The van der Waals surface area contributed by atoms with Gasteiger partial charge in [-0.3, -0.25) is 9.89 Å². The van der Waals surface area contributed by atoms with E-state index in [0.29, 0.717) is 36.9 Å². The molecule has 0 unspecified atom stereocenters. The molecule has 4 aliphatic rings. The smallest absolute Gasteiger partial charge is 0.314 e. The van der Waals surface area contributed by atoms with Gasteiger partial charge in [-0.25, -0.2) is 4.98 Å². The predicted octanol–water partition coefficient (Wildman–Crippen LogP) is 3.13. The Morgan fingerprint density at radius 1 is 1.36 bits per heavy atom. The minimum atomic E-state index is -0.369. The number of carbonyl (C=O) groups is 1. The maximum Gasteiger partial charge on any atom is 0.314 e. The Bertz CT molecular complexity index is 869. The first kappa shape index (κ1) is 17.5. The van der Waals surface area contributed by atoms with E-state index in [9.17, 15) is 4.79 Å². The van der Waals surface area contributed by atoms with Crippen molar-refractivity contribution in [2.24, 2.45) is 5.41 Å². The predicted molar refractivity (Wildman–Crippen MR) is 105 cm³/mol. The molecule has 0 amide bonds. The molecule has 8 heteroatoms. The molecule has 2 bridgehead atoms. The third-order valence-corrected chi connectivity index (χ3v) is 6.42. The summed E-state index contributed by atoms with van der Waals surface area (Å²) in [4.78, 5) is 23.5. The fourth-order valence-electron chi connectivity index (χ4n) is 4.93. The largest absolute Gasteiger partial charge is 0.466 e. The molecule has 0 spiro atoms. The molecular weight excluding hydrogens is 356 g/mol. The van der Waals surface area contributed by atoms with Gasteiger partial charge in [0.2, 0.25) is 5.95 Å². The molecule has 0 aromatic carbocycles. The van der Waals surface area contributed by atoms with Crippen molar-refractivity contribution >= 4 is 23.6 Å². The van der Waals surface area contributed by atoms with Crippen molar-refractivity contribution in [1.82, 2.24) is 20.2 Å². The second kappa shape index (κ2) is 6.76. The highest BCUT2D eigenvalue weighted by Gasteiger charge is 2.61. The summed E-state index contributed by atoms with van der Waals surface area (Å²) in [6.07, 6.45) is 8.48. The third-order valence-electron chi connectivity index (χ3n) is 6.42. The second-order valence-corrected chi connectivity index (χ2v) is 8.25. The topological polar surface area (TPSA) is 96.0 Å². The van der Waals surface area contributed by atoms with E-state index in [-0.39, 0.29) is 11.4 Å². The Balaban J connectivity index is 1.28. The lowest BCUT2D eigenvalue weighted by atomic mass is 9.70. The molecule has 4 heterocycles. The average Bonchev–Trinajstić information content (AvgIpc) is 3.44. The minimum Gasteiger partial charge on any atom is -0.466 e. The van der Waals surface area contributed by atoms with Crippen LogP contribution >= 0.6 is 0 Å². The number of rotatable bonds is 6. The molecule has 0 radical (unpaired) electrons. The van der Waals surface area contributed by atoms with Gasteiger partial charge in [-0.2, -0.15) is 10.1 Å². The maximum absolute atomic E-state index is 12.3. The number of carbonyl (C=O) groups excluding carboxylic acids is 1. The number of hydrogen-bond donors (Lipinski definition) is 2. The van der Waals surface area contributed by atoms with Crippen LogP contribution in [0.15, 0.2) is 18.3 Å². The molecule has 2 aromatic heterocycles. The number of nitrogens with one attached hydrogen (secondary N) is 2. The summed E-state index contributed by atoms with van der Waals surface area (Å²) in [6, 6.07) is 4.24. The number of aromatic nitrogens is 4. The molecule has 148 valence electrons.